The lowest BCUT2D eigenvalue weighted by Crippen LogP contribution is -2.06. The highest BCUT2D eigenvalue weighted by Gasteiger charge is 2.05. The zero-order chi connectivity index (χ0) is 14.9. The maximum atomic E-state index is 11.9. The van der Waals surface area contributed by atoms with Crippen molar-refractivity contribution in [3.8, 4) is 5.75 Å². The van der Waals surface area contributed by atoms with Crippen LogP contribution in [0.3, 0.4) is 0 Å². The van der Waals surface area contributed by atoms with E-state index in [-0.39, 0.29) is 5.78 Å². The average molecular weight is 284 g/mol. The molecule has 3 nitrogen and oxygen atoms in total. The normalized spacial score (nSPS) is 10.3. The Kier molecular flexibility index (Phi) is 5.98. The summed E-state index contributed by atoms with van der Waals surface area (Å²) in [6.45, 7) is 1.11. The van der Waals surface area contributed by atoms with E-state index in [2.05, 4.69) is 0 Å². The van der Waals surface area contributed by atoms with Gasteiger partial charge in [0.2, 0.25) is 0 Å². The molecule has 0 saturated carbocycles. The van der Waals surface area contributed by atoms with Crippen LogP contribution >= 0.6 is 0 Å². The molecule has 0 atom stereocenters. The Bertz CT molecular complexity index is 546. The van der Waals surface area contributed by atoms with Crippen molar-refractivity contribution >= 4 is 5.78 Å². The van der Waals surface area contributed by atoms with Gasteiger partial charge >= 0.3 is 0 Å². The van der Waals surface area contributed by atoms with Gasteiger partial charge in [0.1, 0.15) is 5.75 Å². The second-order valence-corrected chi connectivity index (χ2v) is 4.77. The standard InChI is InChI=1S/C18H20O3/c1-20-13-11-15-7-9-17(10-8-15)21-14-12-18(19)16-5-3-2-4-6-16/h2-10H,11-14H2,1H3. The second kappa shape index (κ2) is 8.22. The van der Waals surface area contributed by atoms with E-state index >= 15 is 0 Å². The van der Waals surface area contributed by atoms with Crippen molar-refractivity contribution in [1.29, 1.82) is 0 Å². The van der Waals surface area contributed by atoms with Gasteiger partial charge < -0.3 is 9.47 Å². The largest absolute Gasteiger partial charge is 0.493 e. The maximum Gasteiger partial charge on any atom is 0.166 e. The van der Waals surface area contributed by atoms with E-state index in [1.165, 1.54) is 5.56 Å². The number of ether oxygens (including phenoxy) is 2. The van der Waals surface area contributed by atoms with E-state index in [0.717, 1.165) is 17.7 Å². The van der Waals surface area contributed by atoms with Crippen LogP contribution in [0, 0.1) is 0 Å². The van der Waals surface area contributed by atoms with Gasteiger partial charge in [0.15, 0.2) is 5.78 Å². The molecular formula is C18H20O3. The smallest absolute Gasteiger partial charge is 0.166 e. The van der Waals surface area contributed by atoms with Gasteiger partial charge in [0.25, 0.3) is 0 Å². The highest BCUT2D eigenvalue weighted by Crippen LogP contribution is 2.13. The number of methoxy groups -OCH3 is 1. The summed E-state index contributed by atoms with van der Waals surface area (Å²) in [6, 6.07) is 17.2. The quantitative estimate of drug-likeness (QED) is 0.696. The molecule has 0 aromatic heterocycles. The van der Waals surface area contributed by atoms with Gasteiger partial charge in [-0.25, -0.2) is 0 Å². The van der Waals surface area contributed by atoms with Crippen molar-refractivity contribution in [2.45, 2.75) is 12.8 Å². The minimum atomic E-state index is 0.104. The van der Waals surface area contributed by atoms with Crippen LogP contribution in [0.15, 0.2) is 54.6 Å². The summed E-state index contributed by atoms with van der Waals surface area (Å²) in [5.41, 5.74) is 1.94. The molecule has 21 heavy (non-hydrogen) atoms. The summed E-state index contributed by atoms with van der Waals surface area (Å²) in [4.78, 5) is 11.9. The lowest BCUT2D eigenvalue weighted by atomic mass is 10.1. The van der Waals surface area contributed by atoms with Crippen molar-refractivity contribution in [1.82, 2.24) is 0 Å². The number of rotatable bonds is 8. The summed E-state index contributed by atoms with van der Waals surface area (Å²) in [6.07, 6.45) is 1.28. The van der Waals surface area contributed by atoms with Gasteiger partial charge in [-0.2, -0.15) is 0 Å². The Hall–Kier alpha value is -2.13. The second-order valence-electron chi connectivity index (χ2n) is 4.77. The maximum absolute atomic E-state index is 11.9. The molecule has 0 aliphatic carbocycles. The van der Waals surface area contributed by atoms with Crippen LogP contribution in [-0.4, -0.2) is 26.1 Å². The third-order valence-electron chi connectivity index (χ3n) is 3.21. The molecule has 0 radical (unpaired) electrons. The molecule has 0 amide bonds. The fourth-order valence-corrected chi connectivity index (χ4v) is 2.00. The number of carbonyl (C=O) groups is 1. The van der Waals surface area contributed by atoms with Crippen LogP contribution in [0.1, 0.15) is 22.3 Å². The van der Waals surface area contributed by atoms with Crippen molar-refractivity contribution in [3.63, 3.8) is 0 Å². The highest BCUT2D eigenvalue weighted by atomic mass is 16.5. The number of ketones is 1. The number of hydrogen-bond donors (Lipinski definition) is 0. The van der Waals surface area contributed by atoms with Crippen LogP contribution in [-0.2, 0) is 11.2 Å². The predicted octanol–water partition coefficient (Wildman–Crippen LogP) is 3.53. The summed E-state index contributed by atoms with van der Waals surface area (Å²) >= 11 is 0. The van der Waals surface area contributed by atoms with Crippen molar-refractivity contribution in [2.75, 3.05) is 20.3 Å². The van der Waals surface area contributed by atoms with Crippen LogP contribution in [0.4, 0.5) is 0 Å². The number of benzene rings is 2. The molecule has 0 bridgehead atoms. The first kappa shape index (κ1) is 15.3. The topological polar surface area (TPSA) is 35.5 Å². The molecule has 0 aliphatic heterocycles. The van der Waals surface area contributed by atoms with Gasteiger partial charge in [0, 0.05) is 19.1 Å². The summed E-state index contributed by atoms with van der Waals surface area (Å²) in [5, 5.41) is 0. The lowest BCUT2D eigenvalue weighted by Gasteiger charge is -2.07. The van der Waals surface area contributed by atoms with Crippen LogP contribution in [0.5, 0.6) is 5.75 Å². The first-order valence-electron chi connectivity index (χ1n) is 7.08. The monoisotopic (exact) mass is 284 g/mol. The fraction of sp³-hybridized carbons (Fsp3) is 0.278. The first-order chi connectivity index (χ1) is 10.3. The Balaban J connectivity index is 1.77. The van der Waals surface area contributed by atoms with Crippen molar-refractivity contribution in [3.05, 3.63) is 65.7 Å². The molecular weight excluding hydrogens is 264 g/mol. The minimum absolute atomic E-state index is 0.104. The minimum Gasteiger partial charge on any atom is -0.493 e. The van der Waals surface area contributed by atoms with Crippen molar-refractivity contribution in [2.24, 2.45) is 0 Å². The Morgan fingerprint density at radius 2 is 1.67 bits per heavy atom. The molecule has 0 heterocycles. The van der Waals surface area contributed by atoms with Gasteiger partial charge in [-0.3, -0.25) is 4.79 Å². The summed E-state index contributed by atoms with van der Waals surface area (Å²) in [5.74, 6) is 0.893. The van der Waals surface area contributed by atoms with E-state index < -0.39 is 0 Å². The summed E-state index contributed by atoms with van der Waals surface area (Å²) < 4.78 is 10.6. The zero-order valence-electron chi connectivity index (χ0n) is 12.2. The van der Waals surface area contributed by atoms with E-state index in [9.17, 15) is 4.79 Å². The van der Waals surface area contributed by atoms with Gasteiger partial charge in [-0.05, 0) is 24.1 Å². The fourth-order valence-electron chi connectivity index (χ4n) is 2.00. The van der Waals surface area contributed by atoms with Crippen molar-refractivity contribution < 1.29 is 14.3 Å². The van der Waals surface area contributed by atoms with E-state index in [1.807, 2.05) is 54.6 Å². The molecule has 3 heteroatoms. The highest BCUT2D eigenvalue weighted by molar-refractivity contribution is 5.96. The third-order valence-corrected chi connectivity index (χ3v) is 3.21. The predicted molar refractivity (Wildman–Crippen MR) is 82.9 cm³/mol. The molecule has 0 fully saturated rings. The zero-order valence-corrected chi connectivity index (χ0v) is 12.2. The van der Waals surface area contributed by atoms with Gasteiger partial charge in [-0.15, -0.1) is 0 Å². The van der Waals surface area contributed by atoms with Crippen LogP contribution in [0.2, 0.25) is 0 Å². The molecule has 0 N–H and O–H groups in total. The average Bonchev–Trinajstić information content (AvgIpc) is 2.55. The molecule has 2 aromatic rings. The van der Waals surface area contributed by atoms with Crippen LogP contribution in [0.25, 0.3) is 0 Å². The Morgan fingerprint density at radius 3 is 2.33 bits per heavy atom. The van der Waals surface area contributed by atoms with E-state index in [4.69, 9.17) is 9.47 Å². The number of Topliss-reactive ketones (excluding diaryl/α,β-unsaturated/α-hetero) is 1. The lowest BCUT2D eigenvalue weighted by molar-refractivity contribution is 0.0962. The molecule has 0 spiro atoms. The molecule has 110 valence electrons. The first-order valence-corrected chi connectivity index (χ1v) is 7.08. The molecule has 2 aromatic carbocycles. The molecule has 0 aliphatic rings. The van der Waals surface area contributed by atoms with Gasteiger partial charge in [-0.1, -0.05) is 42.5 Å². The summed E-state index contributed by atoms with van der Waals surface area (Å²) in [7, 11) is 1.70. The van der Waals surface area contributed by atoms with Gasteiger partial charge in [0.05, 0.1) is 13.2 Å². The SMILES string of the molecule is COCCc1ccc(OCCC(=O)c2ccccc2)cc1. The Morgan fingerprint density at radius 1 is 0.952 bits per heavy atom. The Labute approximate surface area is 125 Å². The van der Waals surface area contributed by atoms with E-state index in [1.54, 1.807) is 7.11 Å². The third kappa shape index (κ3) is 5.04. The molecule has 0 saturated heterocycles. The number of carbonyl (C=O) groups excluding carboxylic acids is 1. The van der Waals surface area contributed by atoms with E-state index in [0.29, 0.717) is 19.6 Å². The molecule has 0 unspecified atom stereocenters. The van der Waals surface area contributed by atoms with Crippen LogP contribution < -0.4 is 4.74 Å². The number of hydrogen-bond acceptors (Lipinski definition) is 3. The molecule has 2 rings (SSSR count).